The van der Waals surface area contributed by atoms with Crippen LogP contribution in [0.5, 0.6) is 0 Å². The summed E-state index contributed by atoms with van der Waals surface area (Å²) in [6.45, 7) is 7.65. The van der Waals surface area contributed by atoms with E-state index in [0.29, 0.717) is 13.1 Å². The van der Waals surface area contributed by atoms with Gasteiger partial charge in [-0.05, 0) is 56.9 Å². The van der Waals surface area contributed by atoms with E-state index in [2.05, 4.69) is 23.6 Å². The fourth-order valence-corrected chi connectivity index (χ4v) is 4.15. The molecular weight excluding hydrogens is 400 g/mol. The molecule has 6 heteroatoms. The number of furan rings is 1. The smallest absolute Gasteiger partial charge is 0.253 e. The summed E-state index contributed by atoms with van der Waals surface area (Å²) < 4.78 is 6.00. The van der Waals surface area contributed by atoms with Crippen LogP contribution in [-0.4, -0.2) is 36.4 Å². The first kappa shape index (κ1) is 21.9. The Kier molecular flexibility index (Phi) is 7.10. The number of benzene rings is 2. The van der Waals surface area contributed by atoms with Crippen molar-refractivity contribution >= 4 is 22.8 Å². The number of rotatable bonds is 6. The SMILES string of the molecule is CCNC(=NCc1cccc(C(=O)N2CCCCC2)c1)NCc1oc2ccccc2c1C. The number of para-hydroxylation sites is 1. The molecule has 1 saturated heterocycles. The number of aryl methyl sites for hydroxylation is 1. The van der Waals surface area contributed by atoms with Crippen molar-refractivity contribution in [2.75, 3.05) is 19.6 Å². The van der Waals surface area contributed by atoms with Crippen LogP contribution in [0.4, 0.5) is 0 Å². The summed E-state index contributed by atoms with van der Waals surface area (Å²) in [5.41, 5.74) is 3.81. The molecule has 0 radical (unpaired) electrons. The Hall–Kier alpha value is -3.28. The molecule has 6 nitrogen and oxygen atoms in total. The molecule has 2 aromatic carbocycles. The lowest BCUT2D eigenvalue weighted by Gasteiger charge is -2.26. The third kappa shape index (κ3) is 5.13. The van der Waals surface area contributed by atoms with E-state index in [1.807, 2.05) is 54.3 Å². The Morgan fingerprint density at radius 3 is 2.66 bits per heavy atom. The van der Waals surface area contributed by atoms with Gasteiger partial charge in [-0.2, -0.15) is 0 Å². The summed E-state index contributed by atoms with van der Waals surface area (Å²) in [5.74, 6) is 1.76. The van der Waals surface area contributed by atoms with Gasteiger partial charge < -0.3 is 20.0 Å². The zero-order valence-corrected chi connectivity index (χ0v) is 19.0. The summed E-state index contributed by atoms with van der Waals surface area (Å²) in [6, 6.07) is 15.9. The highest BCUT2D eigenvalue weighted by molar-refractivity contribution is 5.94. The first-order chi connectivity index (χ1) is 15.7. The van der Waals surface area contributed by atoms with Crippen molar-refractivity contribution in [1.29, 1.82) is 0 Å². The minimum atomic E-state index is 0.126. The van der Waals surface area contributed by atoms with Crippen LogP contribution in [0.1, 0.15) is 53.4 Å². The van der Waals surface area contributed by atoms with Crippen LogP contribution in [0.3, 0.4) is 0 Å². The average Bonchev–Trinajstić information content (AvgIpc) is 3.16. The van der Waals surface area contributed by atoms with E-state index < -0.39 is 0 Å². The van der Waals surface area contributed by atoms with Crippen molar-refractivity contribution in [3.8, 4) is 0 Å². The number of likely N-dealkylation sites (tertiary alicyclic amines) is 1. The van der Waals surface area contributed by atoms with Crippen LogP contribution in [0.25, 0.3) is 11.0 Å². The Labute approximate surface area is 189 Å². The minimum absolute atomic E-state index is 0.126. The Morgan fingerprint density at radius 1 is 1.06 bits per heavy atom. The summed E-state index contributed by atoms with van der Waals surface area (Å²) in [4.78, 5) is 19.5. The van der Waals surface area contributed by atoms with E-state index in [0.717, 1.165) is 71.9 Å². The number of nitrogens with one attached hydrogen (secondary N) is 2. The van der Waals surface area contributed by atoms with Gasteiger partial charge in [0.25, 0.3) is 5.91 Å². The molecule has 2 heterocycles. The van der Waals surface area contributed by atoms with Gasteiger partial charge in [0.1, 0.15) is 11.3 Å². The fraction of sp³-hybridized carbons (Fsp3) is 0.385. The number of piperidine rings is 1. The lowest BCUT2D eigenvalue weighted by atomic mass is 10.1. The first-order valence-corrected chi connectivity index (χ1v) is 11.5. The van der Waals surface area contributed by atoms with Crippen molar-refractivity contribution < 1.29 is 9.21 Å². The number of hydrogen-bond acceptors (Lipinski definition) is 3. The molecular formula is C26H32N4O2. The number of guanidine groups is 1. The number of nitrogens with zero attached hydrogens (tertiary/aromatic N) is 2. The van der Waals surface area contributed by atoms with E-state index in [9.17, 15) is 4.79 Å². The number of carbonyl (C=O) groups is 1. The number of carbonyl (C=O) groups excluding carboxylic acids is 1. The quantitative estimate of drug-likeness (QED) is 0.440. The third-order valence-electron chi connectivity index (χ3n) is 5.94. The highest BCUT2D eigenvalue weighted by atomic mass is 16.3. The summed E-state index contributed by atoms with van der Waals surface area (Å²) in [7, 11) is 0. The van der Waals surface area contributed by atoms with Crippen molar-refractivity contribution in [1.82, 2.24) is 15.5 Å². The topological polar surface area (TPSA) is 69.9 Å². The van der Waals surface area contributed by atoms with Gasteiger partial charge >= 0.3 is 0 Å². The average molecular weight is 433 g/mol. The molecule has 1 aliphatic rings. The molecule has 4 rings (SSSR count). The molecule has 0 atom stereocenters. The van der Waals surface area contributed by atoms with Gasteiger partial charge in [0, 0.05) is 36.1 Å². The van der Waals surface area contributed by atoms with Crippen LogP contribution < -0.4 is 10.6 Å². The van der Waals surface area contributed by atoms with E-state index in [4.69, 9.17) is 9.41 Å². The lowest BCUT2D eigenvalue weighted by Crippen LogP contribution is -2.36. The second-order valence-electron chi connectivity index (χ2n) is 8.25. The van der Waals surface area contributed by atoms with Crippen LogP contribution in [-0.2, 0) is 13.1 Å². The van der Waals surface area contributed by atoms with Crippen LogP contribution >= 0.6 is 0 Å². The standard InChI is InChI=1S/C26H32N4O2/c1-3-27-26(29-18-24-19(2)22-12-5-6-13-23(22)32-24)28-17-20-10-9-11-21(16-20)25(31)30-14-7-4-8-15-30/h5-6,9-13,16H,3-4,7-8,14-15,17-18H2,1-2H3,(H2,27,28,29). The largest absolute Gasteiger partial charge is 0.459 e. The van der Waals surface area contributed by atoms with Gasteiger partial charge in [-0.25, -0.2) is 4.99 Å². The monoisotopic (exact) mass is 432 g/mol. The second kappa shape index (κ2) is 10.4. The summed E-state index contributed by atoms with van der Waals surface area (Å²) >= 11 is 0. The van der Waals surface area contributed by atoms with E-state index >= 15 is 0 Å². The molecule has 0 aliphatic carbocycles. The van der Waals surface area contributed by atoms with Gasteiger partial charge in [0.05, 0.1) is 13.1 Å². The Bertz CT molecular complexity index is 1100. The first-order valence-electron chi connectivity index (χ1n) is 11.5. The van der Waals surface area contributed by atoms with Crippen molar-refractivity contribution in [3.05, 3.63) is 71.0 Å². The third-order valence-corrected chi connectivity index (χ3v) is 5.94. The minimum Gasteiger partial charge on any atom is -0.459 e. The Balaban J connectivity index is 1.42. The zero-order valence-electron chi connectivity index (χ0n) is 19.0. The highest BCUT2D eigenvalue weighted by Crippen LogP contribution is 2.24. The lowest BCUT2D eigenvalue weighted by molar-refractivity contribution is 0.0724. The van der Waals surface area contributed by atoms with Crippen LogP contribution in [0, 0.1) is 6.92 Å². The number of aliphatic imine (C=N–C) groups is 1. The van der Waals surface area contributed by atoms with Gasteiger partial charge in [-0.15, -0.1) is 0 Å². The zero-order chi connectivity index (χ0) is 22.3. The second-order valence-corrected chi connectivity index (χ2v) is 8.25. The maximum absolute atomic E-state index is 12.8. The molecule has 0 saturated carbocycles. The molecule has 2 N–H and O–H groups in total. The fourth-order valence-electron chi connectivity index (χ4n) is 4.15. The number of fused-ring (bicyclic) bond motifs is 1. The normalized spacial score (nSPS) is 14.6. The van der Waals surface area contributed by atoms with E-state index in [1.165, 1.54) is 6.42 Å². The number of hydrogen-bond donors (Lipinski definition) is 2. The Morgan fingerprint density at radius 2 is 1.88 bits per heavy atom. The maximum atomic E-state index is 12.8. The van der Waals surface area contributed by atoms with Crippen LogP contribution in [0.15, 0.2) is 57.9 Å². The summed E-state index contributed by atoms with van der Waals surface area (Å²) in [5, 5.41) is 7.80. The number of amides is 1. The molecule has 168 valence electrons. The maximum Gasteiger partial charge on any atom is 0.253 e. The van der Waals surface area contributed by atoms with Gasteiger partial charge in [-0.3, -0.25) is 4.79 Å². The van der Waals surface area contributed by atoms with Gasteiger partial charge in [0.15, 0.2) is 5.96 Å². The van der Waals surface area contributed by atoms with Crippen molar-refractivity contribution in [2.45, 2.75) is 46.2 Å². The van der Waals surface area contributed by atoms with E-state index in [-0.39, 0.29) is 5.91 Å². The van der Waals surface area contributed by atoms with Crippen molar-refractivity contribution in [3.63, 3.8) is 0 Å². The molecule has 32 heavy (non-hydrogen) atoms. The van der Waals surface area contributed by atoms with E-state index in [1.54, 1.807) is 0 Å². The molecule has 1 aliphatic heterocycles. The summed E-state index contributed by atoms with van der Waals surface area (Å²) in [6.07, 6.45) is 3.41. The molecule has 0 bridgehead atoms. The van der Waals surface area contributed by atoms with Crippen LogP contribution in [0.2, 0.25) is 0 Å². The highest BCUT2D eigenvalue weighted by Gasteiger charge is 2.18. The predicted octanol–water partition coefficient (Wildman–Crippen LogP) is 4.62. The molecule has 0 unspecified atom stereocenters. The molecule has 1 aromatic heterocycles. The molecule has 1 fully saturated rings. The predicted molar refractivity (Wildman–Crippen MR) is 129 cm³/mol. The van der Waals surface area contributed by atoms with Gasteiger partial charge in [0.2, 0.25) is 0 Å². The van der Waals surface area contributed by atoms with Crippen molar-refractivity contribution in [2.24, 2.45) is 4.99 Å². The molecule has 3 aromatic rings. The molecule has 1 amide bonds. The van der Waals surface area contributed by atoms with Gasteiger partial charge in [-0.1, -0.05) is 30.3 Å². The molecule has 0 spiro atoms.